The SMILES string of the molecule is COc1ccc(CN2C(=O)[C@H](NC(=O)O)[C@@H]2/C=C/C(N)=O)c(OC)c1. The Labute approximate surface area is 144 Å². The normalized spacial score (nSPS) is 19.4. The van der Waals surface area contributed by atoms with Crippen molar-refractivity contribution in [2.24, 2.45) is 5.73 Å². The number of carbonyl (C=O) groups is 3. The molecule has 0 unspecified atom stereocenters. The van der Waals surface area contributed by atoms with Crippen LogP contribution < -0.4 is 20.5 Å². The van der Waals surface area contributed by atoms with Crippen molar-refractivity contribution in [2.45, 2.75) is 18.6 Å². The van der Waals surface area contributed by atoms with E-state index in [-0.39, 0.29) is 6.54 Å². The minimum atomic E-state index is -1.32. The number of carbonyl (C=O) groups excluding carboxylic acids is 2. The lowest BCUT2D eigenvalue weighted by Gasteiger charge is -2.45. The standard InChI is InChI=1S/C16H19N3O6/c1-24-10-4-3-9(12(7-10)25-2)8-19-11(5-6-13(17)20)14(15(19)21)18-16(22)23/h3-7,11,14,18H,8H2,1-2H3,(H2,17,20)(H,22,23)/b6-5+/t11-,14+/m0/s1. The molecule has 0 saturated carbocycles. The Balaban J connectivity index is 2.23. The fraction of sp³-hybridized carbons (Fsp3) is 0.312. The molecule has 0 aliphatic carbocycles. The number of methoxy groups -OCH3 is 2. The molecule has 0 spiro atoms. The van der Waals surface area contributed by atoms with Crippen LogP contribution in [0.5, 0.6) is 11.5 Å². The fourth-order valence-corrected chi connectivity index (χ4v) is 2.61. The van der Waals surface area contributed by atoms with Crippen LogP contribution in [-0.4, -0.2) is 54.2 Å². The summed E-state index contributed by atoms with van der Waals surface area (Å²) in [5.41, 5.74) is 5.79. The molecule has 9 heteroatoms. The van der Waals surface area contributed by atoms with Crippen LogP contribution in [0.2, 0.25) is 0 Å². The molecule has 1 heterocycles. The summed E-state index contributed by atoms with van der Waals surface area (Å²) in [6, 6.07) is 3.57. The van der Waals surface area contributed by atoms with Gasteiger partial charge in [-0.2, -0.15) is 0 Å². The number of primary amides is 1. The van der Waals surface area contributed by atoms with Crippen LogP contribution in [-0.2, 0) is 16.1 Å². The van der Waals surface area contributed by atoms with Gasteiger partial charge < -0.3 is 30.5 Å². The van der Waals surface area contributed by atoms with E-state index in [0.717, 1.165) is 6.08 Å². The van der Waals surface area contributed by atoms with Crippen LogP contribution in [0.3, 0.4) is 0 Å². The summed E-state index contributed by atoms with van der Waals surface area (Å²) in [4.78, 5) is 35.5. The maximum Gasteiger partial charge on any atom is 0.405 e. The van der Waals surface area contributed by atoms with Crippen LogP contribution >= 0.6 is 0 Å². The van der Waals surface area contributed by atoms with E-state index in [4.69, 9.17) is 20.3 Å². The molecule has 2 atom stereocenters. The zero-order valence-electron chi connectivity index (χ0n) is 13.8. The molecular weight excluding hydrogens is 330 g/mol. The van der Waals surface area contributed by atoms with E-state index in [1.54, 1.807) is 18.2 Å². The van der Waals surface area contributed by atoms with Gasteiger partial charge in [0.2, 0.25) is 11.8 Å². The van der Waals surface area contributed by atoms with Gasteiger partial charge in [0.15, 0.2) is 0 Å². The van der Waals surface area contributed by atoms with Gasteiger partial charge >= 0.3 is 6.09 Å². The van der Waals surface area contributed by atoms with E-state index in [0.29, 0.717) is 17.1 Å². The molecule has 1 aromatic rings. The van der Waals surface area contributed by atoms with E-state index in [1.165, 1.54) is 25.2 Å². The quantitative estimate of drug-likeness (QED) is 0.472. The number of amides is 3. The summed E-state index contributed by atoms with van der Waals surface area (Å²) in [6.45, 7) is 0.178. The average molecular weight is 349 g/mol. The molecule has 3 amide bonds. The first kappa shape index (κ1) is 18.1. The third-order valence-electron chi connectivity index (χ3n) is 3.82. The van der Waals surface area contributed by atoms with Gasteiger partial charge in [0.1, 0.15) is 17.5 Å². The second-order valence-corrected chi connectivity index (χ2v) is 5.32. The maximum absolute atomic E-state index is 12.3. The Morgan fingerprint density at radius 3 is 2.64 bits per heavy atom. The maximum atomic E-state index is 12.3. The topological polar surface area (TPSA) is 131 Å². The molecule has 1 fully saturated rings. The molecule has 134 valence electrons. The number of β-lactam (4-membered cyclic amide) rings is 1. The van der Waals surface area contributed by atoms with Gasteiger partial charge in [0.25, 0.3) is 0 Å². The van der Waals surface area contributed by atoms with Gasteiger partial charge in [0, 0.05) is 17.7 Å². The lowest BCUT2D eigenvalue weighted by atomic mass is 9.93. The molecule has 2 rings (SSSR count). The number of nitrogens with one attached hydrogen (secondary N) is 1. The number of nitrogens with zero attached hydrogens (tertiary/aromatic N) is 1. The number of ether oxygens (including phenoxy) is 2. The van der Waals surface area contributed by atoms with Crippen LogP contribution in [0.25, 0.3) is 0 Å². The Bertz CT molecular complexity index is 718. The summed E-state index contributed by atoms with van der Waals surface area (Å²) < 4.78 is 10.4. The van der Waals surface area contributed by atoms with Crippen molar-refractivity contribution in [3.63, 3.8) is 0 Å². The first-order chi connectivity index (χ1) is 11.9. The second-order valence-electron chi connectivity index (χ2n) is 5.32. The average Bonchev–Trinajstić information content (AvgIpc) is 2.58. The van der Waals surface area contributed by atoms with Gasteiger partial charge in [-0.15, -0.1) is 0 Å². The van der Waals surface area contributed by atoms with Crippen LogP contribution in [0.1, 0.15) is 5.56 Å². The molecule has 25 heavy (non-hydrogen) atoms. The molecular formula is C16H19N3O6. The summed E-state index contributed by atoms with van der Waals surface area (Å²) >= 11 is 0. The minimum absolute atomic E-state index is 0.178. The first-order valence-electron chi connectivity index (χ1n) is 7.36. The van der Waals surface area contributed by atoms with Crippen molar-refractivity contribution in [3.05, 3.63) is 35.9 Å². The molecule has 9 nitrogen and oxygen atoms in total. The molecule has 1 aliphatic rings. The molecule has 0 bridgehead atoms. The van der Waals surface area contributed by atoms with Gasteiger partial charge in [-0.05, 0) is 12.1 Å². The number of nitrogens with two attached hydrogens (primary N) is 1. The highest BCUT2D eigenvalue weighted by Gasteiger charge is 2.46. The van der Waals surface area contributed by atoms with Crippen molar-refractivity contribution >= 4 is 17.9 Å². The lowest BCUT2D eigenvalue weighted by Crippen LogP contribution is -2.69. The number of benzene rings is 1. The number of hydrogen-bond acceptors (Lipinski definition) is 5. The predicted molar refractivity (Wildman–Crippen MR) is 87.2 cm³/mol. The first-order valence-corrected chi connectivity index (χ1v) is 7.36. The summed E-state index contributed by atoms with van der Waals surface area (Å²) in [7, 11) is 3.02. The summed E-state index contributed by atoms with van der Waals surface area (Å²) in [6.07, 6.45) is 1.18. The Kier molecular flexibility index (Phi) is 5.48. The molecule has 0 radical (unpaired) electrons. The molecule has 1 saturated heterocycles. The van der Waals surface area contributed by atoms with E-state index < -0.39 is 30.0 Å². The van der Waals surface area contributed by atoms with Crippen molar-refractivity contribution in [2.75, 3.05) is 14.2 Å². The third kappa shape index (κ3) is 4.00. The van der Waals surface area contributed by atoms with Crippen LogP contribution in [0.4, 0.5) is 4.79 Å². The Morgan fingerprint density at radius 1 is 1.36 bits per heavy atom. The predicted octanol–water partition coefficient (Wildman–Crippen LogP) is 0.0923. The monoisotopic (exact) mass is 349 g/mol. The fourth-order valence-electron chi connectivity index (χ4n) is 2.61. The number of carboxylic acid groups (broad SMARTS) is 1. The van der Waals surface area contributed by atoms with Crippen molar-refractivity contribution < 1.29 is 29.0 Å². The van der Waals surface area contributed by atoms with Crippen molar-refractivity contribution in [3.8, 4) is 11.5 Å². The highest BCUT2D eigenvalue weighted by atomic mass is 16.5. The van der Waals surface area contributed by atoms with Crippen molar-refractivity contribution in [1.29, 1.82) is 0 Å². The smallest absolute Gasteiger partial charge is 0.405 e. The van der Waals surface area contributed by atoms with E-state index >= 15 is 0 Å². The van der Waals surface area contributed by atoms with Crippen LogP contribution in [0, 0.1) is 0 Å². The molecule has 4 N–H and O–H groups in total. The molecule has 0 aromatic heterocycles. The van der Waals surface area contributed by atoms with Gasteiger partial charge in [-0.3, -0.25) is 9.59 Å². The molecule has 1 aliphatic heterocycles. The number of hydrogen-bond donors (Lipinski definition) is 3. The molecule has 1 aromatic carbocycles. The Hall–Kier alpha value is -3.23. The van der Waals surface area contributed by atoms with Gasteiger partial charge in [-0.1, -0.05) is 6.08 Å². The third-order valence-corrected chi connectivity index (χ3v) is 3.82. The minimum Gasteiger partial charge on any atom is -0.497 e. The highest BCUT2D eigenvalue weighted by molar-refractivity contribution is 5.94. The van der Waals surface area contributed by atoms with Gasteiger partial charge in [-0.25, -0.2) is 4.79 Å². The van der Waals surface area contributed by atoms with E-state index in [9.17, 15) is 14.4 Å². The largest absolute Gasteiger partial charge is 0.497 e. The zero-order chi connectivity index (χ0) is 18.6. The lowest BCUT2D eigenvalue weighted by molar-refractivity contribution is -0.149. The second kappa shape index (κ2) is 7.56. The summed E-state index contributed by atoms with van der Waals surface area (Å²) in [5.74, 6) is 0.0420. The van der Waals surface area contributed by atoms with Crippen molar-refractivity contribution in [1.82, 2.24) is 10.2 Å². The van der Waals surface area contributed by atoms with Gasteiger partial charge in [0.05, 0.1) is 26.8 Å². The zero-order valence-corrected chi connectivity index (χ0v) is 13.8. The van der Waals surface area contributed by atoms with E-state index in [2.05, 4.69) is 5.32 Å². The highest BCUT2D eigenvalue weighted by Crippen LogP contribution is 2.30. The van der Waals surface area contributed by atoms with Crippen LogP contribution in [0.15, 0.2) is 30.4 Å². The number of rotatable bonds is 7. The summed E-state index contributed by atoms with van der Waals surface area (Å²) in [5, 5.41) is 11.0. The number of likely N-dealkylation sites (tertiary alicyclic amines) is 1. The van der Waals surface area contributed by atoms with E-state index in [1.807, 2.05) is 0 Å². The Morgan fingerprint density at radius 2 is 2.08 bits per heavy atom.